The fraction of sp³-hybridized carbons (Fsp3) is 0.677. The first-order valence-electron chi connectivity index (χ1n) is 14.4. The summed E-state index contributed by atoms with van der Waals surface area (Å²) in [6.07, 6.45) is 22.5. The van der Waals surface area contributed by atoms with Gasteiger partial charge in [-0.1, -0.05) is 84.5 Å². The first kappa shape index (κ1) is 27.5. The number of hydrogen-bond donors (Lipinski definition) is 0. The molecule has 194 valence electrons. The minimum atomic E-state index is 0.698. The summed E-state index contributed by atoms with van der Waals surface area (Å²) in [7, 11) is 0. The van der Waals surface area contributed by atoms with Crippen LogP contribution in [-0.2, 0) is 0 Å². The van der Waals surface area contributed by atoms with Crippen molar-refractivity contribution < 1.29 is 9.47 Å². The van der Waals surface area contributed by atoms with Gasteiger partial charge in [0.15, 0.2) is 11.6 Å². The van der Waals surface area contributed by atoms with Crippen LogP contribution in [0.1, 0.15) is 109 Å². The molecule has 0 N–H and O–H groups in total. The van der Waals surface area contributed by atoms with Gasteiger partial charge in [-0.15, -0.1) is 0 Å². The molecule has 1 fully saturated rings. The quantitative estimate of drug-likeness (QED) is 0.225. The van der Waals surface area contributed by atoms with Crippen molar-refractivity contribution in [2.45, 2.75) is 111 Å². The highest BCUT2D eigenvalue weighted by molar-refractivity contribution is 5.61. The van der Waals surface area contributed by atoms with Crippen molar-refractivity contribution in [1.29, 1.82) is 0 Å². The third-order valence-electron chi connectivity index (χ3n) is 7.50. The summed E-state index contributed by atoms with van der Waals surface area (Å²) in [6, 6.07) is 6.26. The van der Waals surface area contributed by atoms with E-state index in [0.29, 0.717) is 12.5 Å². The lowest BCUT2D eigenvalue weighted by molar-refractivity contribution is 0.177. The van der Waals surface area contributed by atoms with Crippen molar-refractivity contribution >= 4 is 0 Å². The third kappa shape index (κ3) is 9.82. The lowest BCUT2D eigenvalue weighted by Gasteiger charge is -2.28. The number of ether oxygens (including phenoxy) is 2. The van der Waals surface area contributed by atoms with Crippen molar-refractivity contribution in [3.05, 3.63) is 36.2 Å². The molecule has 0 aliphatic heterocycles. The molecular formula is C31H48N2O2. The van der Waals surface area contributed by atoms with Gasteiger partial charge in [0.25, 0.3) is 0 Å². The molecule has 4 nitrogen and oxygen atoms in total. The zero-order valence-electron chi connectivity index (χ0n) is 22.6. The van der Waals surface area contributed by atoms with Gasteiger partial charge in [0, 0.05) is 5.56 Å². The molecule has 0 spiro atoms. The topological polar surface area (TPSA) is 44.2 Å². The predicted molar refractivity (Wildman–Crippen MR) is 146 cm³/mol. The van der Waals surface area contributed by atoms with Crippen LogP contribution in [0, 0.1) is 18.8 Å². The molecule has 0 atom stereocenters. The number of rotatable bonds is 16. The molecule has 2 aromatic rings. The summed E-state index contributed by atoms with van der Waals surface area (Å²) in [5.74, 6) is 4.07. The molecule has 1 aromatic carbocycles. The number of aryl methyl sites for hydroxylation is 1. The van der Waals surface area contributed by atoms with Gasteiger partial charge in [0.1, 0.15) is 5.75 Å². The molecule has 0 radical (unpaired) electrons. The lowest BCUT2D eigenvalue weighted by Crippen LogP contribution is -2.20. The van der Waals surface area contributed by atoms with Crippen LogP contribution in [0.25, 0.3) is 11.4 Å². The van der Waals surface area contributed by atoms with Gasteiger partial charge in [0.2, 0.25) is 0 Å². The van der Waals surface area contributed by atoms with E-state index in [-0.39, 0.29) is 0 Å². The Bertz CT molecular complexity index is 828. The standard InChI is InChI=1S/C31H48N2O2/c1-4-6-8-9-10-11-12-13-26-14-16-27(17-15-26)24-35-28-18-19-30(25(3)21-28)31-32-22-29(23-33-31)34-20-7-5-2/h18-19,21-23,26-27H,4-17,20,24H2,1-3H3/t26-,27-. The fourth-order valence-corrected chi connectivity index (χ4v) is 5.13. The Morgan fingerprint density at radius 1 is 0.743 bits per heavy atom. The highest BCUT2D eigenvalue weighted by Crippen LogP contribution is 2.33. The Hall–Kier alpha value is -2.10. The molecule has 35 heavy (non-hydrogen) atoms. The summed E-state index contributed by atoms with van der Waals surface area (Å²) < 4.78 is 11.9. The third-order valence-corrected chi connectivity index (χ3v) is 7.50. The summed E-state index contributed by atoms with van der Waals surface area (Å²) in [6.45, 7) is 8.10. The van der Waals surface area contributed by atoms with Crippen molar-refractivity contribution in [2.75, 3.05) is 13.2 Å². The molecule has 0 amide bonds. The van der Waals surface area contributed by atoms with Gasteiger partial charge in [-0.05, 0) is 61.8 Å². The number of hydrogen-bond acceptors (Lipinski definition) is 4. The van der Waals surface area contributed by atoms with E-state index >= 15 is 0 Å². The SMILES string of the molecule is CCCCCCCCC[C@H]1CC[C@H](COc2ccc(-c3ncc(OCCCC)cn3)c(C)c2)CC1. The van der Waals surface area contributed by atoms with Gasteiger partial charge < -0.3 is 9.47 Å². The van der Waals surface area contributed by atoms with E-state index in [2.05, 4.69) is 48.9 Å². The Balaban J connectivity index is 1.35. The van der Waals surface area contributed by atoms with Gasteiger partial charge in [-0.3, -0.25) is 0 Å². The molecule has 1 aliphatic rings. The van der Waals surface area contributed by atoms with E-state index < -0.39 is 0 Å². The predicted octanol–water partition coefficient (Wildman–Crippen LogP) is 8.96. The number of benzene rings is 1. The van der Waals surface area contributed by atoms with Gasteiger partial charge in [-0.25, -0.2) is 9.97 Å². The molecule has 1 heterocycles. The Morgan fingerprint density at radius 3 is 2.09 bits per heavy atom. The van der Waals surface area contributed by atoms with Crippen LogP contribution in [0.5, 0.6) is 11.5 Å². The average molecular weight is 481 g/mol. The number of unbranched alkanes of at least 4 members (excludes halogenated alkanes) is 7. The normalized spacial score (nSPS) is 17.9. The van der Waals surface area contributed by atoms with Gasteiger partial charge in [-0.2, -0.15) is 0 Å². The summed E-state index contributed by atoms with van der Waals surface area (Å²) >= 11 is 0. The highest BCUT2D eigenvalue weighted by atomic mass is 16.5. The van der Waals surface area contributed by atoms with Crippen LogP contribution in [0.4, 0.5) is 0 Å². The smallest absolute Gasteiger partial charge is 0.159 e. The van der Waals surface area contributed by atoms with E-state index in [1.807, 2.05) is 0 Å². The van der Waals surface area contributed by atoms with Crippen molar-refractivity contribution in [3.63, 3.8) is 0 Å². The monoisotopic (exact) mass is 480 g/mol. The maximum Gasteiger partial charge on any atom is 0.159 e. The Morgan fingerprint density at radius 2 is 1.40 bits per heavy atom. The average Bonchev–Trinajstić information content (AvgIpc) is 2.88. The number of nitrogens with zero attached hydrogens (tertiary/aromatic N) is 2. The zero-order chi connectivity index (χ0) is 24.7. The van der Waals surface area contributed by atoms with E-state index in [4.69, 9.17) is 9.47 Å². The minimum absolute atomic E-state index is 0.698. The van der Waals surface area contributed by atoms with Crippen molar-refractivity contribution in [1.82, 2.24) is 9.97 Å². The Kier molecular flexibility index (Phi) is 12.4. The molecule has 0 bridgehead atoms. The second kappa shape index (κ2) is 15.8. The maximum atomic E-state index is 6.21. The molecule has 1 saturated carbocycles. The maximum absolute atomic E-state index is 6.21. The van der Waals surface area contributed by atoms with Gasteiger partial charge >= 0.3 is 0 Å². The van der Waals surface area contributed by atoms with Crippen LogP contribution >= 0.6 is 0 Å². The molecule has 0 saturated heterocycles. The van der Waals surface area contributed by atoms with E-state index in [1.54, 1.807) is 12.4 Å². The summed E-state index contributed by atoms with van der Waals surface area (Å²) in [5, 5.41) is 0. The van der Waals surface area contributed by atoms with E-state index in [0.717, 1.165) is 53.8 Å². The number of aromatic nitrogens is 2. The Labute approximate surface area is 214 Å². The largest absolute Gasteiger partial charge is 0.493 e. The van der Waals surface area contributed by atoms with Crippen LogP contribution in [0.3, 0.4) is 0 Å². The molecule has 0 unspecified atom stereocenters. The minimum Gasteiger partial charge on any atom is -0.493 e. The van der Waals surface area contributed by atoms with Crippen LogP contribution in [0.15, 0.2) is 30.6 Å². The van der Waals surface area contributed by atoms with Gasteiger partial charge in [0.05, 0.1) is 25.6 Å². The molecule has 3 rings (SSSR count). The van der Waals surface area contributed by atoms with Crippen LogP contribution < -0.4 is 9.47 Å². The van der Waals surface area contributed by atoms with Crippen molar-refractivity contribution in [2.24, 2.45) is 11.8 Å². The molecule has 1 aromatic heterocycles. The highest BCUT2D eigenvalue weighted by Gasteiger charge is 2.21. The van der Waals surface area contributed by atoms with E-state index in [1.165, 1.54) is 77.0 Å². The molecule has 4 heteroatoms. The van der Waals surface area contributed by atoms with Crippen LogP contribution in [-0.4, -0.2) is 23.2 Å². The molecular weight excluding hydrogens is 432 g/mol. The first-order chi connectivity index (χ1) is 17.2. The van der Waals surface area contributed by atoms with Crippen LogP contribution in [0.2, 0.25) is 0 Å². The first-order valence-corrected chi connectivity index (χ1v) is 14.4. The second-order valence-corrected chi connectivity index (χ2v) is 10.5. The molecule has 1 aliphatic carbocycles. The van der Waals surface area contributed by atoms with Crippen molar-refractivity contribution in [3.8, 4) is 22.9 Å². The van der Waals surface area contributed by atoms with E-state index in [9.17, 15) is 0 Å². The zero-order valence-corrected chi connectivity index (χ0v) is 22.6. The summed E-state index contributed by atoms with van der Waals surface area (Å²) in [4.78, 5) is 9.02. The summed E-state index contributed by atoms with van der Waals surface area (Å²) in [5.41, 5.74) is 2.18. The fourth-order valence-electron chi connectivity index (χ4n) is 5.13. The lowest BCUT2D eigenvalue weighted by atomic mass is 9.80. The second-order valence-electron chi connectivity index (χ2n) is 10.5.